The third-order valence-corrected chi connectivity index (χ3v) is 3.62. The van der Waals surface area contributed by atoms with Gasteiger partial charge in [-0.15, -0.1) is 0 Å². The van der Waals surface area contributed by atoms with Crippen LogP contribution in [-0.2, 0) is 6.54 Å². The molecule has 0 fully saturated rings. The molecule has 0 radical (unpaired) electrons. The molecule has 0 unspecified atom stereocenters. The van der Waals surface area contributed by atoms with Crippen molar-refractivity contribution in [3.63, 3.8) is 0 Å². The average Bonchev–Trinajstić information content (AvgIpc) is 3.06. The summed E-state index contributed by atoms with van der Waals surface area (Å²) >= 11 is 0. The predicted molar refractivity (Wildman–Crippen MR) is 96.7 cm³/mol. The number of ether oxygens (including phenoxy) is 1. The number of amides is 1. The number of rotatable bonds is 7. The van der Waals surface area contributed by atoms with Gasteiger partial charge in [0.15, 0.2) is 11.7 Å². The molecular weight excluding hydrogens is 320 g/mol. The van der Waals surface area contributed by atoms with E-state index >= 15 is 0 Å². The van der Waals surface area contributed by atoms with E-state index in [2.05, 4.69) is 10.3 Å². The highest BCUT2D eigenvalue weighted by molar-refractivity contribution is 5.89. The number of furan rings is 1. The fourth-order valence-electron chi connectivity index (χ4n) is 2.20. The lowest BCUT2D eigenvalue weighted by atomic mass is 10.2. The van der Waals surface area contributed by atoms with Gasteiger partial charge in [-0.05, 0) is 31.2 Å². The molecular formula is C18H24N4O3. The van der Waals surface area contributed by atoms with Crippen LogP contribution in [0.2, 0.25) is 0 Å². The first kappa shape index (κ1) is 18.4. The topological polar surface area (TPSA) is 93.1 Å². The summed E-state index contributed by atoms with van der Waals surface area (Å²) in [4.78, 5) is 17.2. The minimum Gasteiger partial charge on any atom is -0.492 e. The summed E-state index contributed by atoms with van der Waals surface area (Å²) in [6.45, 7) is 3.65. The molecule has 0 atom stereocenters. The standard InChI is InChI=1S/C18H24N4O3/c1-13-4-6-14(7-5-13)24-11-10-22(3)18(20-2)21-12-15-8-9-16(25-15)17(19)23/h4-9H,10-12H2,1-3H3,(H2,19,23)(H,20,21). The molecule has 1 heterocycles. The molecule has 134 valence electrons. The van der Waals surface area contributed by atoms with Gasteiger partial charge >= 0.3 is 0 Å². The third kappa shape index (κ3) is 5.56. The maximum atomic E-state index is 11.0. The number of carbonyl (C=O) groups is 1. The number of nitrogens with two attached hydrogens (primary N) is 1. The second-order valence-corrected chi connectivity index (χ2v) is 5.61. The molecule has 7 nitrogen and oxygen atoms in total. The first-order valence-corrected chi connectivity index (χ1v) is 7.99. The van der Waals surface area contributed by atoms with Gasteiger partial charge in [-0.25, -0.2) is 0 Å². The highest BCUT2D eigenvalue weighted by Crippen LogP contribution is 2.11. The molecule has 7 heteroatoms. The summed E-state index contributed by atoms with van der Waals surface area (Å²) in [6, 6.07) is 11.2. The van der Waals surface area contributed by atoms with E-state index in [4.69, 9.17) is 14.9 Å². The fourth-order valence-corrected chi connectivity index (χ4v) is 2.20. The van der Waals surface area contributed by atoms with E-state index < -0.39 is 5.91 Å². The van der Waals surface area contributed by atoms with Crippen LogP contribution in [0.3, 0.4) is 0 Å². The Morgan fingerprint density at radius 1 is 1.28 bits per heavy atom. The largest absolute Gasteiger partial charge is 0.492 e. The van der Waals surface area contributed by atoms with Gasteiger partial charge in [0.1, 0.15) is 18.1 Å². The highest BCUT2D eigenvalue weighted by atomic mass is 16.5. The number of hydrogen-bond donors (Lipinski definition) is 2. The van der Waals surface area contributed by atoms with Gasteiger partial charge in [-0.1, -0.05) is 17.7 Å². The molecule has 3 N–H and O–H groups in total. The zero-order valence-electron chi connectivity index (χ0n) is 14.8. The molecule has 25 heavy (non-hydrogen) atoms. The Morgan fingerprint density at radius 3 is 2.60 bits per heavy atom. The van der Waals surface area contributed by atoms with Crippen LogP contribution in [0.25, 0.3) is 0 Å². The molecule has 2 aromatic rings. The number of benzene rings is 1. The molecule has 0 aliphatic heterocycles. The van der Waals surface area contributed by atoms with Gasteiger partial charge in [-0.3, -0.25) is 9.79 Å². The van der Waals surface area contributed by atoms with E-state index in [0.29, 0.717) is 31.4 Å². The number of nitrogens with one attached hydrogen (secondary N) is 1. The van der Waals surface area contributed by atoms with Gasteiger partial charge < -0.3 is 25.1 Å². The smallest absolute Gasteiger partial charge is 0.284 e. The van der Waals surface area contributed by atoms with E-state index in [1.165, 1.54) is 5.56 Å². The van der Waals surface area contributed by atoms with Crippen LogP contribution >= 0.6 is 0 Å². The van der Waals surface area contributed by atoms with Crippen molar-refractivity contribution in [2.45, 2.75) is 13.5 Å². The van der Waals surface area contributed by atoms with Crippen molar-refractivity contribution in [2.75, 3.05) is 27.2 Å². The van der Waals surface area contributed by atoms with Gasteiger partial charge in [0.25, 0.3) is 5.91 Å². The summed E-state index contributed by atoms with van der Waals surface area (Å²) in [5, 5.41) is 3.17. The Bertz CT molecular complexity index is 722. The van der Waals surface area contributed by atoms with Crippen LogP contribution in [0.1, 0.15) is 21.9 Å². The van der Waals surface area contributed by atoms with Crippen molar-refractivity contribution >= 4 is 11.9 Å². The number of primary amides is 1. The lowest BCUT2D eigenvalue weighted by Gasteiger charge is -2.21. The summed E-state index contributed by atoms with van der Waals surface area (Å²) in [7, 11) is 3.63. The Hall–Kier alpha value is -2.96. The van der Waals surface area contributed by atoms with Crippen molar-refractivity contribution in [3.8, 4) is 5.75 Å². The maximum absolute atomic E-state index is 11.0. The van der Waals surface area contributed by atoms with E-state index in [9.17, 15) is 4.79 Å². The summed E-state index contributed by atoms with van der Waals surface area (Å²) in [5.41, 5.74) is 6.37. The van der Waals surface area contributed by atoms with Crippen molar-refractivity contribution in [2.24, 2.45) is 10.7 Å². The lowest BCUT2D eigenvalue weighted by molar-refractivity contribution is 0.0972. The molecule has 0 aliphatic carbocycles. The second kappa shape index (κ2) is 8.77. The molecule has 1 aromatic carbocycles. The fraction of sp³-hybridized carbons (Fsp3) is 0.333. The van der Waals surface area contributed by atoms with Gasteiger partial charge in [0.05, 0.1) is 13.1 Å². The summed E-state index contributed by atoms with van der Waals surface area (Å²) in [6.07, 6.45) is 0. The summed E-state index contributed by atoms with van der Waals surface area (Å²) in [5.74, 6) is 1.72. The Labute approximate surface area is 147 Å². The molecule has 2 rings (SSSR count). The molecule has 0 saturated heterocycles. The van der Waals surface area contributed by atoms with Crippen molar-refractivity contribution in [1.82, 2.24) is 10.2 Å². The molecule has 0 aliphatic rings. The molecule has 1 aromatic heterocycles. The number of hydrogen-bond acceptors (Lipinski definition) is 4. The second-order valence-electron chi connectivity index (χ2n) is 5.61. The molecule has 0 spiro atoms. The quantitative estimate of drug-likeness (QED) is 0.590. The minimum absolute atomic E-state index is 0.145. The van der Waals surface area contributed by atoms with E-state index in [1.807, 2.05) is 43.1 Å². The van der Waals surface area contributed by atoms with Gasteiger partial charge in [0, 0.05) is 14.1 Å². The van der Waals surface area contributed by atoms with Crippen LogP contribution in [0, 0.1) is 6.92 Å². The van der Waals surface area contributed by atoms with Crippen molar-refractivity contribution in [1.29, 1.82) is 0 Å². The van der Waals surface area contributed by atoms with Crippen LogP contribution in [0.15, 0.2) is 45.8 Å². The normalized spacial score (nSPS) is 11.2. The molecule has 1 amide bonds. The SMILES string of the molecule is CN=C(NCc1ccc(C(N)=O)o1)N(C)CCOc1ccc(C)cc1. The predicted octanol–water partition coefficient (Wildman–Crippen LogP) is 1.77. The lowest BCUT2D eigenvalue weighted by Crippen LogP contribution is -2.40. The molecule has 0 saturated carbocycles. The van der Waals surface area contributed by atoms with E-state index in [1.54, 1.807) is 19.2 Å². The number of aryl methyl sites for hydroxylation is 1. The van der Waals surface area contributed by atoms with Crippen LogP contribution in [0.5, 0.6) is 5.75 Å². The number of nitrogens with zero attached hydrogens (tertiary/aromatic N) is 2. The van der Waals surface area contributed by atoms with E-state index in [-0.39, 0.29) is 5.76 Å². The number of carbonyl (C=O) groups excluding carboxylic acids is 1. The van der Waals surface area contributed by atoms with Crippen LogP contribution in [-0.4, -0.2) is 44.0 Å². The third-order valence-electron chi connectivity index (χ3n) is 3.62. The summed E-state index contributed by atoms with van der Waals surface area (Å²) < 4.78 is 11.1. The Morgan fingerprint density at radius 2 is 2.00 bits per heavy atom. The van der Waals surface area contributed by atoms with Crippen molar-refractivity contribution < 1.29 is 13.9 Å². The van der Waals surface area contributed by atoms with Crippen molar-refractivity contribution in [3.05, 3.63) is 53.5 Å². The first-order chi connectivity index (χ1) is 12.0. The zero-order chi connectivity index (χ0) is 18.2. The van der Waals surface area contributed by atoms with E-state index in [0.717, 1.165) is 5.75 Å². The number of guanidine groups is 1. The van der Waals surface area contributed by atoms with Gasteiger partial charge in [-0.2, -0.15) is 0 Å². The zero-order valence-corrected chi connectivity index (χ0v) is 14.8. The average molecular weight is 344 g/mol. The number of aliphatic imine (C=N–C) groups is 1. The molecule has 0 bridgehead atoms. The minimum atomic E-state index is -0.582. The maximum Gasteiger partial charge on any atom is 0.284 e. The van der Waals surface area contributed by atoms with Crippen LogP contribution < -0.4 is 15.8 Å². The Kier molecular flexibility index (Phi) is 6.45. The monoisotopic (exact) mass is 344 g/mol. The number of likely N-dealkylation sites (N-methyl/N-ethyl adjacent to an activating group) is 1. The highest BCUT2D eigenvalue weighted by Gasteiger charge is 2.10. The first-order valence-electron chi connectivity index (χ1n) is 7.99. The van der Waals surface area contributed by atoms with Crippen LogP contribution in [0.4, 0.5) is 0 Å². The Balaban J connectivity index is 1.78. The van der Waals surface area contributed by atoms with Gasteiger partial charge in [0.2, 0.25) is 0 Å².